The monoisotopic (exact) mass is 210 g/mol. The van der Waals surface area contributed by atoms with E-state index < -0.39 is 17.7 Å². The van der Waals surface area contributed by atoms with Gasteiger partial charge in [-0.15, -0.1) is 11.8 Å². The molecule has 7 heteroatoms. The average Bonchev–Trinajstić information content (AvgIpc) is 1.84. The zero-order chi connectivity index (χ0) is 9.99. The number of alkyl halides is 5. The Morgan fingerprint density at radius 1 is 1.17 bits per heavy atom. The minimum atomic E-state index is -5.64. The van der Waals surface area contributed by atoms with Crippen molar-refractivity contribution in [3.05, 3.63) is 0 Å². The second-order valence-corrected chi connectivity index (χ2v) is 3.07. The summed E-state index contributed by atoms with van der Waals surface area (Å²) in [4.78, 5) is 0. The molecule has 0 aromatic heterocycles. The van der Waals surface area contributed by atoms with Crippen molar-refractivity contribution in [3.63, 3.8) is 0 Å². The van der Waals surface area contributed by atoms with E-state index in [1.165, 1.54) is 6.26 Å². The van der Waals surface area contributed by atoms with Gasteiger partial charge in [-0.3, -0.25) is 4.74 Å². The number of hydrogen-bond donors (Lipinski definition) is 0. The quantitative estimate of drug-likeness (QED) is 0.523. The third kappa shape index (κ3) is 3.14. The van der Waals surface area contributed by atoms with Crippen molar-refractivity contribution in [1.82, 2.24) is 0 Å². The molecule has 0 aromatic carbocycles. The van der Waals surface area contributed by atoms with Gasteiger partial charge < -0.3 is 0 Å². The number of rotatable bonds is 3. The highest BCUT2D eigenvalue weighted by Gasteiger charge is 2.60. The van der Waals surface area contributed by atoms with Crippen LogP contribution in [0.25, 0.3) is 0 Å². The molecule has 0 unspecified atom stereocenters. The molecule has 74 valence electrons. The normalized spacial score (nSPS) is 16.2. The molecule has 0 spiro atoms. The minimum absolute atomic E-state index is 0.766. The topological polar surface area (TPSA) is 9.23 Å². The Morgan fingerprint density at radius 2 is 1.58 bits per heavy atom. The molecule has 0 bridgehead atoms. The predicted molar refractivity (Wildman–Crippen MR) is 35.1 cm³/mol. The number of halogens is 5. The molecule has 0 aliphatic rings. The summed E-state index contributed by atoms with van der Waals surface area (Å²) in [6, 6.07) is 0. The van der Waals surface area contributed by atoms with Gasteiger partial charge >= 0.3 is 12.3 Å². The molecule has 1 atom stereocenters. The Kier molecular flexibility index (Phi) is 3.77. The minimum Gasteiger partial charge on any atom is -0.299 e. The molecule has 0 aromatic rings. The maximum atomic E-state index is 12.0. The summed E-state index contributed by atoms with van der Waals surface area (Å²) in [7, 11) is 0. The van der Waals surface area contributed by atoms with E-state index in [0.29, 0.717) is 0 Å². The summed E-state index contributed by atoms with van der Waals surface area (Å²) < 4.78 is 61.8. The maximum absolute atomic E-state index is 12.0. The van der Waals surface area contributed by atoms with Crippen LogP contribution in [-0.2, 0) is 4.74 Å². The van der Waals surface area contributed by atoms with E-state index in [0.717, 1.165) is 18.7 Å². The van der Waals surface area contributed by atoms with Gasteiger partial charge in [-0.25, -0.2) is 0 Å². The van der Waals surface area contributed by atoms with Crippen molar-refractivity contribution in [2.75, 3.05) is 6.26 Å². The van der Waals surface area contributed by atoms with Crippen LogP contribution >= 0.6 is 11.8 Å². The lowest BCUT2D eigenvalue weighted by Crippen LogP contribution is -2.40. The lowest BCUT2D eigenvalue weighted by atomic mass is 10.6. The van der Waals surface area contributed by atoms with Crippen LogP contribution in [0, 0.1) is 0 Å². The third-order valence-corrected chi connectivity index (χ3v) is 1.74. The first kappa shape index (κ1) is 12.0. The van der Waals surface area contributed by atoms with Crippen LogP contribution in [0.3, 0.4) is 0 Å². The zero-order valence-electron chi connectivity index (χ0n) is 6.28. The molecule has 0 saturated carbocycles. The van der Waals surface area contributed by atoms with Crippen molar-refractivity contribution in [3.8, 4) is 0 Å². The molecule has 0 fully saturated rings. The van der Waals surface area contributed by atoms with E-state index in [1.54, 1.807) is 0 Å². The van der Waals surface area contributed by atoms with E-state index in [2.05, 4.69) is 4.74 Å². The Labute approximate surface area is 70.3 Å². The molecular weight excluding hydrogens is 203 g/mol. The van der Waals surface area contributed by atoms with Crippen molar-refractivity contribution < 1.29 is 26.7 Å². The fraction of sp³-hybridized carbons (Fsp3) is 1.00. The lowest BCUT2D eigenvalue weighted by molar-refractivity contribution is -0.393. The fourth-order valence-corrected chi connectivity index (χ4v) is 0.540. The maximum Gasteiger partial charge on any atom is 0.483 e. The zero-order valence-corrected chi connectivity index (χ0v) is 7.10. The first-order valence-corrected chi connectivity index (χ1v) is 4.14. The van der Waals surface area contributed by atoms with Crippen LogP contribution in [0.2, 0.25) is 0 Å². The Morgan fingerprint density at radius 3 is 1.83 bits per heavy atom. The van der Waals surface area contributed by atoms with Gasteiger partial charge in [-0.2, -0.15) is 22.0 Å². The van der Waals surface area contributed by atoms with Gasteiger partial charge in [0.05, 0.1) is 0 Å². The highest BCUT2D eigenvalue weighted by atomic mass is 32.2. The van der Waals surface area contributed by atoms with E-state index >= 15 is 0 Å². The van der Waals surface area contributed by atoms with Crippen LogP contribution in [0.5, 0.6) is 0 Å². The second-order valence-electron chi connectivity index (χ2n) is 1.94. The van der Waals surface area contributed by atoms with Gasteiger partial charge in [-0.05, 0) is 13.2 Å². The van der Waals surface area contributed by atoms with Crippen LogP contribution in [0.1, 0.15) is 6.92 Å². The molecule has 0 aliphatic carbocycles. The van der Waals surface area contributed by atoms with Crippen molar-refractivity contribution >= 4 is 11.8 Å². The average molecular weight is 210 g/mol. The SMILES string of the molecule is CS[C@@H](C)OC(F)(F)C(F)(F)F. The van der Waals surface area contributed by atoms with Crippen LogP contribution in [-0.4, -0.2) is 24.0 Å². The molecule has 1 nitrogen and oxygen atoms in total. The molecule has 12 heavy (non-hydrogen) atoms. The van der Waals surface area contributed by atoms with E-state index in [1.807, 2.05) is 0 Å². The van der Waals surface area contributed by atoms with E-state index in [4.69, 9.17) is 0 Å². The number of ether oxygens (including phenoxy) is 1. The van der Waals surface area contributed by atoms with Gasteiger partial charge in [0.25, 0.3) is 0 Å². The molecular formula is C5H7F5OS. The summed E-state index contributed by atoms with van der Waals surface area (Å²) in [5.74, 6) is 0. The van der Waals surface area contributed by atoms with E-state index in [-0.39, 0.29) is 0 Å². The Bertz CT molecular complexity index is 145. The molecule has 0 amide bonds. The standard InChI is InChI=1S/C5H7F5OS/c1-3(12-2)11-5(9,10)4(6,7)8/h3H,1-2H3/t3-/m0/s1. The van der Waals surface area contributed by atoms with Gasteiger partial charge in [0.15, 0.2) is 0 Å². The van der Waals surface area contributed by atoms with Gasteiger partial charge in [0.1, 0.15) is 5.44 Å². The molecule has 0 aliphatic heterocycles. The van der Waals surface area contributed by atoms with Crippen LogP contribution < -0.4 is 0 Å². The van der Waals surface area contributed by atoms with Gasteiger partial charge in [-0.1, -0.05) is 0 Å². The first-order chi connectivity index (χ1) is 5.20. The van der Waals surface area contributed by atoms with E-state index in [9.17, 15) is 22.0 Å². The molecule has 0 heterocycles. The van der Waals surface area contributed by atoms with Gasteiger partial charge in [0, 0.05) is 0 Å². The largest absolute Gasteiger partial charge is 0.483 e. The summed E-state index contributed by atoms with van der Waals surface area (Å²) >= 11 is 0.766. The highest BCUT2D eigenvalue weighted by molar-refractivity contribution is 7.99. The van der Waals surface area contributed by atoms with Crippen LogP contribution in [0.15, 0.2) is 0 Å². The van der Waals surface area contributed by atoms with Crippen molar-refractivity contribution in [2.45, 2.75) is 24.6 Å². The summed E-state index contributed by atoms with van der Waals surface area (Å²) in [5, 5.41) is 0. The summed E-state index contributed by atoms with van der Waals surface area (Å²) in [5.41, 5.74) is -1.19. The summed E-state index contributed by atoms with van der Waals surface area (Å²) in [6.07, 6.45) is -9.33. The lowest BCUT2D eigenvalue weighted by Gasteiger charge is -2.22. The predicted octanol–water partition coefficient (Wildman–Crippen LogP) is 2.87. The van der Waals surface area contributed by atoms with Crippen LogP contribution in [0.4, 0.5) is 22.0 Å². The first-order valence-electron chi connectivity index (χ1n) is 2.86. The Hall–Kier alpha value is -0.0400. The van der Waals surface area contributed by atoms with Crippen molar-refractivity contribution in [1.29, 1.82) is 0 Å². The van der Waals surface area contributed by atoms with Crippen molar-refractivity contribution in [2.24, 2.45) is 0 Å². The molecule has 0 saturated heterocycles. The smallest absolute Gasteiger partial charge is 0.299 e. The molecule has 0 rings (SSSR count). The van der Waals surface area contributed by atoms with Gasteiger partial charge in [0.2, 0.25) is 0 Å². The Balaban J connectivity index is 4.22. The molecule has 0 N–H and O–H groups in total. The second kappa shape index (κ2) is 3.78. The molecule has 0 radical (unpaired) electrons. The number of thioether (sulfide) groups is 1. The third-order valence-electron chi connectivity index (χ3n) is 0.976. The highest BCUT2D eigenvalue weighted by Crippen LogP contribution is 2.38. The fourth-order valence-electron chi connectivity index (χ4n) is 0.323. The summed E-state index contributed by atoms with van der Waals surface area (Å²) in [6.45, 7) is 1.12. The number of hydrogen-bond acceptors (Lipinski definition) is 2.